The van der Waals surface area contributed by atoms with Crippen molar-refractivity contribution < 1.29 is 9.90 Å². The number of aliphatic hydroxyl groups excluding tert-OH is 1. The summed E-state index contributed by atoms with van der Waals surface area (Å²) in [5, 5.41) is 15.5. The van der Waals surface area contributed by atoms with E-state index < -0.39 is 0 Å². The van der Waals surface area contributed by atoms with Crippen molar-refractivity contribution in [2.45, 2.75) is 57.9 Å². The van der Waals surface area contributed by atoms with Crippen molar-refractivity contribution in [3.05, 3.63) is 0 Å². The molecule has 1 fully saturated rings. The lowest BCUT2D eigenvalue weighted by molar-refractivity contribution is -0.123. The topological polar surface area (TPSA) is 61.4 Å². The number of amides is 1. The van der Waals surface area contributed by atoms with E-state index in [9.17, 15) is 4.79 Å². The van der Waals surface area contributed by atoms with Gasteiger partial charge in [0.05, 0.1) is 0 Å². The Bertz CT molecular complexity index is 252. The third kappa shape index (κ3) is 5.36. The highest BCUT2D eigenvalue weighted by atomic mass is 16.3. The van der Waals surface area contributed by atoms with Gasteiger partial charge >= 0.3 is 0 Å². The average Bonchev–Trinajstić information content (AvgIpc) is 2.38. The Morgan fingerprint density at radius 2 is 2.33 bits per heavy atom. The van der Waals surface area contributed by atoms with Gasteiger partial charge in [0.25, 0.3) is 0 Å². The molecule has 0 bridgehead atoms. The van der Waals surface area contributed by atoms with Gasteiger partial charge in [-0.3, -0.25) is 4.79 Å². The SMILES string of the molecule is CCC(C)(CCO)NC(=O)CCC1CCCNC1. The largest absolute Gasteiger partial charge is 0.396 e. The lowest BCUT2D eigenvalue weighted by atomic mass is 9.92. The number of carbonyl (C=O) groups excluding carboxylic acids is 1. The molecule has 1 aliphatic heterocycles. The first-order chi connectivity index (χ1) is 8.59. The van der Waals surface area contributed by atoms with Crippen LogP contribution in [0.1, 0.15) is 52.4 Å². The van der Waals surface area contributed by atoms with Gasteiger partial charge in [-0.25, -0.2) is 0 Å². The van der Waals surface area contributed by atoms with Crippen LogP contribution in [0.4, 0.5) is 0 Å². The second kappa shape index (κ2) is 7.74. The highest BCUT2D eigenvalue weighted by molar-refractivity contribution is 5.76. The van der Waals surface area contributed by atoms with E-state index in [0.29, 0.717) is 18.8 Å². The van der Waals surface area contributed by atoms with Crippen molar-refractivity contribution in [3.8, 4) is 0 Å². The van der Waals surface area contributed by atoms with Gasteiger partial charge < -0.3 is 15.7 Å². The summed E-state index contributed by atoms with van der Waals surface area (Å²) in [5.41, 5.74) is -0.253. The zero-order chi connectivity index (χ0) is 13.4. The van der Waals surface area contributed by atoms with Gasteiger partial charge in [-0.15, -0.1) is 0 Å². The molecule has 4 nitrogen and oxygen atoms in total. The second-order valence-corrected chi connectivity index (χ2v) is 5.69. The predicted octanol–water partition coefficient (Wildman–Crippen LogP) is 1.43. The molecule has 0 aromatic heterocycles. The molecular weight excluding hydrogens is 228 g/mol. The standard InChI is InChI=1S/C14H28N2O2/c1-3-14(2,8-10-17)16-13(18)7-6-12-5-4-9-15-11-12/h12,15,17H,3-11H2,1-2H3,(H,16,18). The highest BCUT2D eigenvalue weighted by Crippen LogP contribution is 2.18. The van der Waals surface area contributed by atoms with Crippen LogP contribution in [-0.2, 0) is 4.79 Å². The molecule has 4 heteroatoms. The molecule has 1 amide bonds. The molecule has 0 aliphatic carbocycles. The van der Waals surface area contributed by atoms with E-state index in [1.807, 2.05) is 13.8 Å². The molecule has 106 valence electrons. The maximum atomic E-state index is 11.9. The van der Waals surface area contributed by atoms with Gasteiger partial charge in [0, 0.05) is 18.6 Å². The van der Waals surface area contributed by atoms with E-state index in [1.165, 1.54) is 12.8 Å². The maximum absolute atomic E-state index is 11.9. The number of carbonyl (C=O) groups is 1. The quantitative estimate of drug-likeness (QED) is 0.646. The number of hydrogen-bond acceptors (Lipinski definition) is 3. The smallest absolute Gasteiger partial charge is 0.220 e. The van der Waals surface area contributed by atoms with Gasteiger partial charge in [0.2, 0.25) is 5.91 Å². The third-order valence-electron chi connectivity index (χ3n) is 4.06. The molecule has 0 aromatic rings. The summed E-state index contributed by atoms with van der Waals surface area (Å²) in [6.07, 6.45) is 5.51. The molecular formula is C14H28N2O2. The summed E-state index contributed by atoms with van der Waals surface area (Å²) < 4.78 is 0. The summed E-state index contributed by atoms with van der Waals surface area (Å²) in [6.45, 7) is 6.34. The summed E-state index contributed by atoms with van der Waals surface area (Å²) in [6, 6.07) is 0. The Hall–Kier alpha value is -0.610. The van der Waals surface area contributed by atoms with Crippen LogP contribution in [0.15, 0.2) is 0 Å². The van der Waals surface area contributed by atoms with E-state index in [1.54, 1.807) is 0 Å². The molecule has 1 rings (SSSR count). The van der Waals surface area contributed by atoms with Crippen LogP contribution in [0.3, 0.4) is 0 Å². The maximum Gasteiger partial charge on any atom is 0.220 e. The third-order valence-corrected chi connectivity index (χ3v) is 4.06. The second-order valence-electron chi connectivity index (χ2n) is 5.69. The first kappa shape index (κ1) is 15.4. The molecule has 2 atom stereocenters. The number of rotatable bonds is 7. The van der Waals surface area contributed by atoms with Gasteiger partial charge in [-0.05, 0) is 58.0 Å². The van der Waals surface area contributed by atoms with Crippen LogP contribution in [0.5, 0.6) is 0 Å². The van der Waals surface area contributed by atoms with Gasteiger partial charge in [-0.2, -0.15) is 0 Å². The molecule has 0 aromatic carbocycles. The molecule has 1 aliphatic rings. The fraction of sp³-hybridized carbons (Fsp3) is 0.929. The van der Waals surface area contributed by atoms with Crippen LogP contribution in [-0.4, -0.2) is 36.2 Å². The molecule has 0 radical (unpaired) electrons. The van der Waals surface area contributed by atoms with Crippen LogP contribution < -0.4 is 10.6 Å². The fourth-order valence-corrected chi connectivity index (χ4v) is 2.48. The van der Waals surface area contributed by atoms with E-state index in [2.05, 4.69) is 10.6 Å². The van der Waals surface area contributed by atoms with Crippen LogP contribution >= 0.6 is 0 Å². The van der Waals surface area contributed by atoms with Crippen molar-refractivity contribution in [1.82, 2.24) is 10.6 Å². The lowest BCUT2D eigenvalue weighted by Gasteiger charge is -2.29. The molecule has 3 N–H and O–H groups in total. The highest BCUT2D eigenvalue weighted by Gasteiger charge is 2.24. The van der Waals surface area contributed by atoms with Gasteiger partial charge in [-0.1, -0.05) is 6.92 Å². The Morgan fingerprint density at radius 3 is 2.89 bits per heavy atom. The summed E-state index contributed by atoms with van der Waals surface area (Å²) >= 11 is 0. The predicted molar refractivity (Wildman–Crippen MR) is 73.4 cm³/mol. The van der Waals surface area contributed by atoms with E-state index in [4.69, 9.17) is 5.11 Å². The molecule has 0 saturated carbocycles. The van der Waals surface area contributed by atoms with E-state index in [-0.39, 0.29) is 18.1 Å². The molecule has 2 unspecified atom stereocenters. The normalized spacial score (nSPS) is 23.4. The Kier molecular flexibility index (Phi) is 6.65. The van der Waals surface area contributed by atoms with Crippen molar-refractivity contribution in [3.63, 3.8) is 0 Å². The number of nitrogens with one attached hydrogen (secondary N) is 2. The monoisotopic (exact) mass is 256 g/mol. The van der Waals surface area contributed by atoms with Crippen molar-refractivity contribution >= 4 is 5.91 Å². The first-order valence-corrected chi connectivity index (χ1v) is 7.22. The van der Waals surface area contributed by atoms with Gasteiger partial charge in [0.1, 0.15) is 0 Å². The summed E-state index contributed by atoms with van der Waals surface area (Å²) in [7, 11) is 0. The summed E-state index contributed by atoms with van der Waals surface area (Å²) in [5.74, 6) is 0.772. The first-order valence-electron chi connectivity index (χ1n) is 7.22. The van der Waals surface area contributed by atoms with E-state index in [0.717, 1.165) is 25.9 Å². The summed E-state index contributed by atoms with van der Waals surface area (Å²) in [4.78, 5) is 11.9. The Balaban J connectivity index is 2.27. The molecule has 1 heterocycles. The van der Waals surface area contributed by atoms with E-state index >= 15 is 0 Å². The molecule has 18 heavy (non-hydrogen) atoms. The van der Waals surface area contributed by atoms with Crippen molar-refractivity contribution in [1.29, 1.82) is 0 Å². The van der Waals surface area contributed by atoms with Crippen molar-refractivity contribution in [2.24, 2.45) is 5.92 Å². The zero-order valence-electron chi connectivity index (χ0n) is 11.8. The molecule has 1 saturated heterocycles. The number of piperidine rings is 1. The van der Waals surface area contributed by atoms with Crippen molar-refractivity contribution in [2.75, 3.05) is 19.7 Å². The minimum Gasteiger partial charge on any atom is -0.396 e. The Morgan fingerprint density at radius 1 is 1.56 bits per heavy atom. The molecule has 0 spiro atoms. The van der Waals surface area contributed by atoms with Gasteiger partial charge in [0.15, 0.2) is 0 Å². The Labute approximate surface area is 111 Å². The zero-order valence-corrected chi connectivity index (χ0v) is 11.8. The van der Waals surface area contributed by atoms with Crippen LogP contribution in [0.25, 0.3) is 0 Å². The van der Waals surface area contributed by atoms with Crippen LogP contribution in [0, 0.1) is 5.92 Å². The lowest BCUT2D eigenvalue weighted by Crippen LogP contribution is -2.46. The number of aliphatic hydroxyl groups is 1. The fourth-order valence-electron chi connectivity index (χ4n) is 2.48. The van der Waals surface area contributed by atoms with Crippen LogP contribution in [0.2, 0.25) is 0 Å². The average molecular weight is 256 g/mol. The number of hydrogen-bond donors (Lipinski definition) is 3. The minimum atomic E-state index is -0.253. The minimum absolute atomic E-state index is 0.122.